The molecule has 7 heteroatoms. The molecule has 3 fully saturated rings. The molecule has 0 aromatic heterocycles. The second-order valence-electron chi connectivity index (χ2n) is 9.25. The van der Waals surface area contributed by atoms with Crippen LogP contribution in [0.1, 0.15) is 45.4 Å². The van der Waals surface area contributed by atoms with Crippen LogP contribution in [0.3, 0.4) is 0 Å². The Morgan fingerprint density at radius 1 is 1.13 bits per heavy atom. The van der Waals surface area contributed by atoms with E-state index in [1.165, 1.54) is 38.8 Å². The molecule has 0 radical (unpaired) electrons. The second-order valence-corrected chi connectivity index (χ2v) is 9.25. The van der Waals surface area contributed by atoms with Gasteiger partial charge >= 0.3 is 0 Å². The molecule has 170 valence electrons. The molecule has 4 rings (SSSR count). The van der Waals surface area contributed by atoms with Gasteiger partial charge < -0.3 is 15.8 Å². The fourth-order valence-corrected chi connectivity index (χ4v) is 5.40. The van der Waals surface area contributed by atoms with Crippen molar-refractivity contribution in [3.05, 3.63) is 24.3 Å². The first-order valence-electron chi connectivity index (χ1n) is 11.1. The molecular weight excluding hydrogens is 421 g/mol. The number of hydrogen-bond donors (Lipinski definition) is 2. The van der Waals surface area contributed by atoms with Gasteiger partial charge in [-0.1, -0.05) is 13.3 Å². The number of nitrogens with one attached hydrogen (secondary N) is 1. The van der Waals surface area contributed by atoms with Gasteiger partial charge in [0.2, 0.25) is 5.91 Å². The average molecular weight is 458 g/mol. The van der Waals surface area contributed by atoms with E-state index in [4.69, 9.17) is 10.5 Å². The van der Waals surface area contributed by atoms with E-state index in [0.717, 1.165) is 36.7 Å². The molecule has 2 aliphatic carbocycles. The summed E-state index contributed by atoms with van der Waals surface area (Å²) < 4.78 is 5.87. The Bertz CT molecular complexity index is 659. The minimum absolute atomic E-state index is 0. The highest BCUT2D eigenvalue weighted by atomic mass is 35.5. The summed E-state index contributed by atoms with van der Waals surface area (Å²) in [6.45, 7) is 6.37. The largest absolute Gasteiger partial charge is 0.492 e. The Kier molecular flexibility index (Phi) is 9.73. The Labute approximate surface area is 193 Å². The zero-order valence-corrected chi connectivity index (χ0v) is 19.6. The fraction of sp³-hybridized carbons (Fsp3) is 0.696. The van der Waals surface area contributed by atoms with Crippen LogP contribution < -0.4 is 15.8 Å². The molecule has 1 aromatic rings. The summed E-state index contributed by atoms with van der Waals surface area (Å²) in [5.41, 5.74) is 7.21. The summed E-state index contributed by atoms with van der Waals surface area (Å²) >= 11 is 0. The molecular formula is C23H37Cl2N3O2. The third kappa shape index (κ3) is 6.25. The summed E-state index contributed by atoms with van der Waals surface area (Å²) in [7, 11) is 0. The monoisotopic (exact) mass is 457 g/mol. The maximum atomic E-state index is 12.7. The highest BCUT2D eigenvalue weighted by Gasteiger charge is 2.40. The van der Waals surface area contributed by atoms with Gasteiger partial charge in [-0.3, -0.25) is 9.69 Å². The predicted octanol–water partition coefficient (Wildman–Crippen LogP) is 4.34. The lowest BCUT2D eigenvalue weighted by Crippen LogP contribution is -2.48. The van der Waals surface area contributed by atoms with E-state index in [-0.39, 0.29) is 36.6 Å². The summed E-state index contributed by atoms with van der Waals surface area (Å²) in [5.74, 6) is 2.98. The quantitative estimate of drug-likeness (QED) is 0.666. The molecule has 5 nitrogen and oxygen atoms in total. The number of halogens is 2. The zero-order valence-electron chi connectivity index (χ0n) is 17.9. The lowest BCUT2D eigenvalue weighted by Gasteiger charge is -2.43. The molecule has 1 saturated heterocycles. The third-order valence-corrected chi connectivity index (χ3v) is 7.09. The van der Waals surface area contributed by atoms with Gasteiger partial charge in [-0.2, -0.15) is 0 Å². The maximum absolute atomic E-state index is 12.7. The normalized spacial score (nSPS) is 30.7. The molecule has 3 N–H and O–H groups in total. The number of carbonyl (C=O) groups excluding carboxylic acids is 1. The number of anilines is 1. The van der Waals surface area contributed by atoms with Gasteiger partial charge in [-0.25, -0.2) is 0 Å². The lowest BCUT2D eigenvalue weighted by molar-refractivity contribution is -0.122. The number of benzene rings is 1. The second kappa shape index (κ2) is 11.6. The number of nitrogens with two attached hydrogens (primary N) is 1. The third-order valence-electron chi connectivity index (χ3n) is 7.09. The molecule has 3 unspecified atom stereocenters. The van der Waals surface area contributed by atoms with Crippen molar-refractivity contribution in [2.45, 2.75) is 51.5 Å². The Hall–Kier alpha value is -1.01. The number of carbonyl (C=O) groups is 1. The fourth-order valence-electron chi connectivity index (χ4n) is 5.40. The van der Waals surface area contributed by atoms with Gasteiger partial charge in [0.15, 0.2) is 0 Å². The van der Waals surface area contributed by atoms with Crippen LogP contribution in [0.5, 0.6) is 5.75 Å². The maximum Gasteiger partial charge on any atom is 0.227 e. The first kappa shape index (κ1) is 25.3. The minimum Gasteiger partial charge on any atom is -0.492 e. The number of hydrogen-bond acceptors (Lipinski definition) is 4. The molecule has 2 saturated carbocycles. The lowest BCUT2D eigenvalue weighted by atomic mass is 9.65. The number of nitrogens with zero attached hydrogens (tertiary/aromatic N) is 1. The van der Waals surface area contributed by atoms with Crippen molar-refractivity contribution in [2.75, 3.05) is 31.6 Å². The molecule has 0 spiro atoms. The average Bonchev–Trinajstić information content (AvgIpc) is 3.08. The molecule has 2 bridgehead atoms. The highest BCUT2D eigenvalue weighted by molar-refractivity contribution is 5.92. The van der Waals surface area contributed by atoms with Crippen molar-refractivity contribution in [3.8, 4) is 5.75 Å². The van der Waals surface area contributed by atoms with Gasteiger partial charge in [0.1, 0.15) is 12.4 Å². The van der Waals surface area contributed by atoms with E-state index in [1.54, 1.807) is 0 Å². The van der Waals surface area contributed by atoms with Gasteiger partial charge in [0.05, 0.1) is 0 Å². The van der Waals surface area contributed by atoms with Crippen LogP contribution >= 0.6 is 24.8 Å². The Balaban J connectivity index is 0.00000160. The van der Waals surface area contributed by atoms with Gasteiger partial charge in [-0.15, -0.1) is 24.8 Å². The van der Waals surface area contributed by atoms with Crippen LogP contribution in [0.2, 0.25) is 0 Å². The number of likely N-dealkylation sites (tertiary alicyclic amines) is 1. The molecule has 1 heterocycles. The van der Waals surface area contributed by atoms with E-state index < -0.39 is 0 Å². The van der Waals surface area contributed by atoms with Crippen molar-refractivity contribution < 1.29 is 9.53 Å². The summed E-state index contributed by atoms with van der Waals surface area (Å²) in [5, 5.41) is 3.11. The van der Waals surface area contributed by atoms with Crippen molar-refractivity contribution >= 4 is 36.4 Å². The number of rotatable bonds is 6. The van der Waals surface area contributed by atoms with E-state index in [1.807, 2.05) is 24.3 Å². The minimum atomic E-state index is 0. The van der Waals surface area contributed by atoms with Gasteiger partial charge in [0, 0.05) is 30.7 Å². The number of ether oxygens (including phenoxy) is 1. The molecule has 1 aromatic carbocycles. The molecule has 1 amide bonds. The van der Waals surface area contributed by atoms with Crippen LogP contribution in [0.15, 0.2) is 24.3 Å². The molecule has 3 aliphatic rings. The standard InChI is InChI=1S/C23H35N3O2.2ClH/c1-16-9-10-26(15-16)11-12-28-21-7-5-20(6-8-21)25-23(27)19-13-17-3-2-4-18(14-19)22(17)24;;/h5-8,16-19,22H,2-4,9-15,24H2,1H3,(H,25,27);2*1H. The van der Waals surface area contributed by atoms with E-state index in [9.17, 15) is 4.79 Å². The number of fused-ring (bicyclic) bond motifs is 2. The first-order valence-corrected chi connectivity index (χ1v) is 11.1. The van der Waals surface area contributed by atoms with Crippen molar-refractivity contribution in [1.29, 1.82) is 0 Å². The van der Waals surface area contributed by atoms with Crippen LogP contribution in [-0.4, -0.2) is 43.1 Å². The van der Waals surface area contributed by atoms with Crippen LogP contribution in [0.4, 0.5) is 5.69 Å². The van der Waals surface area contributed by atoms with Crippen molar-refractivity contribution in [3.63, 3.8) is 0 Å². The summed E-state index contributed by atoms with van der Waals surface area (Å²) in [4.78, 5) is 15.2. The van der Waals surface area contributed by atoms with Crippen molar-refractivity contribution in [2.24, 2.45) is 29.4 Å². The van der Waals surface area contributed by atoms with E-state index in [0.29, 0.717) is 24.5 Å². The Morgan fingerprint density at radius 3 is 2.40 bits per heavy atom. The Morgan fingerprint density at radius 2 is 1.80 bits per heavy atom. The summed E-state index contributed by atoms with van der Waals surface area (Å²) in [6, 6.07) is 8.10. The predicted molar refractivity (Wildman–Crippen MR) is 127 cm³/mol. The smallest absolute Gasteiger partial charge is 0.227 e. The van der Waals surface area contributed by atoms with Crippen molar-refractivity contribution in [1.82, 2.24) is 4.90 Å². The van der Waals surface area contributed by atoms with E-state index in [2.05, 4.69) is 17.1 Å². The number of amides is 1. The molecule has 1 aliphatic heterocycles. The first-order chi connectivity index (χ1) is 13.6. The molecule has 3 atom stereocenters. The zero-order chi connectivity index (χ0) is 19.5. The highest BCUT2D eigenvalue weighted by Crippen LogP contribution is 2.42. The van der Waals surface area contributed by atoms with Gasteiger partial charge in [0.25, 0.3) is 0 Å². The van der Waals surface area contributed by atoms with Crippen LogP contribution in [0.25, 0.3) is 0 Å². The SMILES string of the molecule is CC1CCN(CCOc2ccc(NC(=O)C3CC4CCCC(C3)C4N)cc2)C1.Cl.Cl. The van der Waals surface area contributed by atoms with Crippen LogP contribution in [-0.2, 0) is 4.79 Å². The van der Waals surface area contributed by atoms with Crippen LogP contribution in [0, 0.1) is 23.7 Å². The van der Waals surface area contributed by atoms with E-state index >= 15 is 0 Å². The molecule has 30 heavy (non-hydrogen) atoms. The summed E-state index contributed by atoms with van der Waals surface area (Å²) in [6.07, 6.45) is 6.83. The topological polar surface area (TPSA) is 67.6 Å². The van der Waals surface area contributed by atoms with Gasteiger partial charge in [-0.05, 0) is 80.7 Å².